The molecule has 0 aromatic rings. The van der Waals surface area contributed by atoms with Gasteiger partial charge in [-0.15, -0.1) is 0 Å². The molecule has 0 aliphatic heterocycles. The first-order valence-electron chi connectivity index (χ1n) is 5.77. The predicted molar refractivity (Wildman–Crippen MR) is 57.7 cm³/mol. The van der Waals surface area contributed by atoms with Crippen LogP contribution in [-0.4, -0.2) is 0 Å². The van der Waals surface area contributed by atoms with Crippen molar-refractivity contribution in [3.8, 4) is 0 Å². The molecule has 2 fully saturated rings. The Labute approximate surface area is 82.4 Å². The topological polar surface area (TPSA) is 0 Å². The van der Waals surface area contributed by atoms with E-state index in [2.05, 4.69) is 20.8 Å². The highest BCUT2D eigenvalue weighted by atomic mass is 14.3. The molecule has 0 atom stereocenters. The molecule has 0 radical (unpaired) electrons. The maximum atomic E-state index is 2.40. The van der Waals surface area contributed by atoms with E-state index in [9.17, 15) is 0 Å². The Bertz CT molecular complexity index is 211. The summed E-state index contributed by atoms with van der Waals surface area (Å²) in [4.78, 5) is 0. The van der Waals surface area contributed by atoms with E-state index in [0.29, 0.717) is 5.41 Å². The minimum Gasteiger partial charge on any atom is -0.0710 e. The van der Waals surface area contributed by atoms with Gasteiger partial charge in [0, 0.05) is 0 Å². The van der Waals surface area contributed by atoms with Crippen LogP contribution in [0.25, 0.3) is 0 Å². The van der Waals surface area contributed by atoms with Crippen LogP contribution in [-0.2, 0) is 0 Å². The highest BCUT2D eigenvalue weighted by Crippen LogP contribution is 2.44. The molecule has 0 unspecified atom stereocenters. The minimum absolute atomic E-state index is 0.541. The maximum Gasteiger partial charge on any atom is -0.0280 e. The van der Waals surface area contributed by atoms with Crippen molar-refractivity contribution in [3.63, 3.8) is 0 Å². The van der Waals surface area contributed by atoms with Crippen molar-refractivity contribution < 1.29 is 0 Å². The average Bonchev–Trinajstić information content (AvgIpc) is 2.85. The monoisotopic (exact) mass is 178 g/mol. The van der Waals surface area contributed by atoms with E-state index in [1.165, 1.54) is 38.5 Å². The molecule has 2 rings (SSSR count). The molecule has 0 heteroatoms. The fraction of sp³-hybridized carbons (Fsp3) is 0.846. The number of hydrogen-bond acceptors (Lipinski definition) is 0. The Balaban J connectivity index is 1.93. The van der Waals surface area contributed by atoms with E-state index in [0.717, 1.165) is 5.92 Å². The van der Waals surface area contributed by atoms with Gasteiger partial charge in [-0.2, -0.15) is 0 Å². The van der Waals surface area contributed by atoms with Gasteiger partial charge in [-0.05, 0) is 49.9 Å². The third-order valence-corrected chi connectivity index (χ3v) is 3.81. The summed E-state index contributed by atoms with van der Waals surface area (Å²) in [5.74, 6) is 0.968. The van der Waals surface area contributed by atoms with Crippen LogP contribution in [0.5, 0.6) is 0 Å². The molecule has 2 aliphatic rings. The van der Waals surface area contributed by atoms with Crippen molar-refractivity contribution in [2.45, 2.75) is 59.3 Å². The van der Waals surface area contributed by atoms with E-state index in [1.54, 1.807) is 0 Å². The third kappa shape index (κ3) is 2.15. The van der Waals surface area contributed by atoms with Crippen molar-refractivity contribution >= 4 is 0 Å². The molecule has 0 aromatic carbocycles. The predicted octanol–water partition coefficient (Wildman–Crippen LogP) is 4.31. The first-order valence-corrected chi connectivity index (χ1v) is 5.77. The lowest BCUT2D eigenvalue weighted by molar-refractivity contribution is 0.197. The van der Waals surface area contributed by atoms with Gasteiger partial charge in [0.25, 0.3) is 0 Å². The first-order chi connectivity index (χ1) is 6.07. The molecule has 0 saturated heterocycles. The Kier molecular flexibility index (Phi) is 2.25. The molecule has 2 aliphatic carbocycles. The molecule has 74 valence electrons. The Hall–Kier alpha value is -0.260. The quantitative estimate of drug-likeness (QED) is 0.485. The summed E-state index contributed by atoms with van der Waals surface area (Å²) in [6.45, 7) is 7.19. The zero-order valence-corrected chi connectivity index (χ0v) is 9.32. The van der Waals surface area contributed by atoms with Crippen molar-refractivity contribution in [1.29, 1.82) is 0 Å². The minimum atomic E-state index is 0.541. The van der Waals surface area contributed by atoms with Crippen LogP contribution >= 0.6 is 0 Å². The fourth-order valence-corrected chi connectivity index (χ4v) is 2.60. The average molecular weight is 178 g/mol. The van der Waals surface area contributed by atoms with Gasteiger partial charge in [0.1, 0.15) is 0 Å². The van der Waals surface area contributed by atoms with Crippen molar-refractivity contribution in [1.82, 2.24) is 0 Å². The van der Waals surface area contributed by atoms with Crippen LogP contribution < -0.4 is 0 Å². The molecule has 0 aromatic heterocycles. The van der Waals surface area contributed by atoms with Gasteiger partial charge in [-0.3, -0.25) is 0 Å². The molecule has 0 N–H and O–H groups in total. The normalized spacial score (nSPS) is 29.3. The van der Waals surface area contributed by atoms with E-state index < -0.39 is 0 Å². The summed E-state index contributed by atoms with van der Waals surface area (Å²) in [6, 6.07) is 0. The second-order valence-electron chi connectivity index (χ2n) is 5.85. The van der Waals surface area contributed by atoms with Crippen LogP contribution in [0.2, 0.25) is 0 Å². The molecule has 0 heterocycles. The highest BCUT2D eigenvalue weighted by Gasteiger charge is 2.29. The summed E-state index contributed by atoms with van der Waals surface area (Å²) in [6.07, 6.45) is 8.57. The van der Waals surface area contributed by atoms with Gasteiger partial charge in [0.05, 0.1) is 0 Å². The smallest absolute Gasteiger partial charge is 0.0280 e. The standard InChI is InChI=1S/C13H22/c1-13(2,3)12-8-6-11(7-9-12)10-4-5-10/h12H,4-9H2,1-3H3. The molecule has 0 spiro atoms. The summed E-state index contributed by atoms with van der Waals surface area (Å²) in [5, 5.41) is 0. The summed E-state index contributed by atoms with van der Waals surface area (Å²) >= 11 is 0. The Morgan fingerprint density at radius 2 is 1.31 bits per heavy atom. The Morgan fingerprint density at radius 1 is 0.846 bits per heavy atom. The molecule has 0 nitrogen and oxygen atoms in total. The molecular weight excluding hydrogens is 156 g/mol. The lowest BCUT2D eigenvalue weighted by Crippen LogP contribution is -2.23. The van der Waals surface area contributed by atoms with E-state index in [-0.39, 0.29) is 0 Å². The van der Waals surface area contributed by atoms with Gasteiger partial charge in [-0.1, -0.05) is 31.9 Å². The molecule has 2 saturated carbocycles. The zero-order chi connectivity index (χ0) is 9.47. The molecule has 13 heavy (non-hydrogen) atoms. The second-order valence-corrected chi connectivity index (χ2v) is 5.85. The van der Waals surface area contributed by atoms with Crippen LogP contribution in [0.15, 0.2) is 11.1 Å². The largest absolute Gasteiger partial charge is 0.0710 e. The van der Waals surface area contributed by atoms with Crippen LogP contribution in [0.4, 0.5) is 0 Å². The number of hydrogen-bond donors (Lipinski definition) is 0. The molecular formula is C13H22. The SMILES string of the molecule is CC(C)(C)C1CCC(=C2CC2)CC1. The third-order valence-electron chi connectivity index (χ3n) is 3.81. The lowest BCUT2D eigenvalue weighted by Gasteiger charge is -2.34. The number of rotatable bonds is 0. The van der Waals surface area contributed by atoms with Gasteiger partial charge in [0.2, 0.25) is 0 Å². The van der Waals surface area contributed by atoms with Crippen LogP contribution in [0.1, 0.15) is 59.3 Å². The lowest BCUT2D eigenvalue weighted by atomic mass is 9.71. The Morgan fingerprint density at radius 3 is 1.69 bits per heavy atom. The second kappa shape index (κ2) is 3.15. The van der Waals surface area contributed by atoms with Crippen LogP contribution in [0, 0.1) is 11.3 Å². The van der Waals surface area contributed by atoms with Crippen molar-refractivity contribution in [2.75, 3.05) is 0 Å². The van der Waals surface area contributed by atoms with Crippen molar-refractivity contribution in [3.05, 3.63) is 11.1 Å². The van der Waals surface area contributed by atoms with Gasteiger partial charge in [-0.25, -0.2) is 0 Å². The van der Waals surface area contributed by atoms with Crippen LogP contribution in [0.3, 0.4) is 0 Å². The highest BCUT2D eigenvalue weighted by molar-refractivity contribution is 5.26. The summed E-state index contributed by atoms with van der Waals surface area (Å²) in [5.41, 5.74) is 4.19. The van der Waals surface area contributed by atoms with Gasteiger partial charge >= 0.3 is 0 Å². The molecule has 0 bridgehead atoms. The van der Waals surface area contributed by atoms with E-state index in [1.807, 2.05) is 11.1 Å². The van der Waals surface area contributed by atoms with E-state index in [4.69, 9.17) is 0 Å². The fourth-order valence-electron chi connectivity index (χ4n) is 2.60. The summed E-state index contributed by atoms with van der Waals surface area (Å²) in [7, 11) is 0. The first kappa shape index (κ1) is 9.30. The summed E-state index contributed by atoms with van der Waals surface area (Å²) < 4.78 is 0. The zero-order valence-electron chi connectivity index (χ0n) is 9.32. The van der Waals surface area contributed by atoms with Gasteiger partial charge < -0.3 is 0 Å². The molecule has 0 amide bonds. The number of allylic oxidation sites excluding steroid dienone is 2. The van der Waals surface area contributed by atoms with Gasteiger partial charge in [0.15, 0.2) is 0 Å². The van der Waals surface area contributed by atoms with Crippen molar-refractivity contribution in [2.24, 2.45) is 11.3 Å². The van der Waals surface area contributed by atoms with E-state index >= 15 is 0 Å². The maximum absolute atomic E-state index is 2.40.